The summed E-state index contributed by atoms with van der Waals surface area (Å²) in [5, 5.41) is 14.3. The summed E-state index contributed by atoms with van der Waals surface area (Å²) in [7, 11) is 2.96. The summed E-state index contributed by atoms with van der Waals surface area (Å²) in [6.45, 7) is 8.63. The molecule has 1 aromatic heterocycles. The van der Waals surface area contributed by atoms with E-state index in [4.69, 9.17) is 9.47 Å². The summed E-state index contributed by atoms with van der Waals surface area (Å²) < 4.78 is 24.5. The number of halogens is 1. The molecule has 0 aliphatic rings. The second kappa shape index (κ2) is 7.84. The monoisotopic (exact) mass is 384 g/mol. The number of methoxy groups -OCH3 is 2. The fourth-order valence-electron chi connectivity index (χ4n) is 3.46. The molecule has 0 aliphatic heterocycles. The highest BCUT2D eigenvalue weighted by Gasteiger charge is 2.15. The SMILES string of the molecule is C=C(NCCc1c(C)[nH]c2c(F)ccc(C)c12)c1cc(OC)c(O)c(OC)c1. The third-order valence-electron chi connectivity index (χ3n) is 4.97. The lowest BCUT2D eigenvalue weighted by atomic mass is 10.0. The molecular formula is C22H25FN2O3. The van der Waals surface area contributed by atoms with Crippen LogP contribution >= 0.6 is 0 Å². The molecule has 28 heavy (non-hydrogen) atoms. The Labute approximate surface area is 163 Å². The number of ether oxygens (including phenoxy) is 2. The average molecular weight is 384 g/mol. The number of benzene rings is 2. The minimum absolute atomic E-state index is 0.0477. The lowest BCUT2D eigenvalue weighted by Crippen LogP contribution is -2.15. The molecule has 0 fully saturated rings. The quantitative estimate of drug-likeness (QED) is 0.563. The lowest BCUT2D eigenvalue weighted by Gasteiger charge is -2.14. The van der Waals surface area contributed by atoms with Crippen molar-refractivity contribution >= 4 is 16.6 Å². The van der Waals surface area contributed by atoms with E-state index in [-0.39, 0.29) is 11.6 Å². The van der Waals surface area contributed by atoms with E-state index >= 15 is 0 Å². The number of nitrogens with one attached hydrogen (secondary N) is 2. The normalized spacial score (nSPS) is 10.9. The molecule has 6 heteroatoms. The lowest BCUT2D eigenvalue weighted by molar-refractivity contribution is 0.339. The summed E-state index contributed by atoms with van der Waals surface area (Å²) in [6.07, 6.45) is 0.710. The van der Waals surface area contributed by atoms with Gasteiger partial charge in [-0.1, -0.05) is 12.6 Å². The number of aromatic amines is 1. The summed E-state index contributed by atoms with van der Waals surface area (Å²) in [5.74, 6) is 0.343. The maximum absolute atomic E-state index is 14.1. The third kappa shape index (κ3) is 3.50. The van der Waals surface area contributed by atoms with Crippen LogP contribution in [0.1, 0.15) is 22.4 Å². The summed E-state index contributed by atoms with van der Waals surface area (Å²) in [5.41, 5.74) is 5.08. The van der Waals surface area contributed by atoms with Gasteiger partial charge in [0.2, 0.25) is 5.75 Å². The van der Waals surface area contributed by atoms with Gasteiger partial charge in [-0.15, -0.1) is 0 Å². The second-order valence-corrected chi connectivity index (χ2v) is 6.73. The molecule has 0 unspecified atom stereocenters. The zero-order valence-electron chi connectivity index (χ0n) is 16.6. The number of fused-ring (bicyclic) bond motifs is 1. The van der Waals surface area contributed by atoms with Crippen LogP contribution in [-0.2, 0) is 6.42 Å². The van der Waals surface area contributed by atoms with Gasteiger partial charge in [-0.05, 0) is 49.6 Å². The number of aryl methyl sites for hydroxylation is 2. The molecule has 0 bridgehead atoms. The Morgan fingerprint density at radius 1 is 1.18 bits per heavy atom. The van der Waals surface area contributed by atoms with Gasteiger partial charge in [-0.3, -0.25) is 0 Å². The minimum atomic E-state index is -0.240. The van der Waals surface area contributed by atoms with E-state index in [9.17, 15) is 9.50 Å². The number of hydrogen-bond donors (Lipinski definition) is 3. The van der Waals surface area contributed by atoms with E-state index in [0.717, 1.165) is 27.8 Å². The maximum atomic E-state index is 14.1. The van der Waals surface area contributed by atoms with Gasteiger partial charge in [-0.25, -0.2) is 4.39 Å². The van der Waals surface area contributed by atoms with Gasteiger partial charge in [0, 0.05) is 28.9 Å². The first kappa shape index (κ1) is 19.6. The van der Waals surface area contributed by atoms with E-state index in [0.29, 0.717) is 35.7 Å². The molecule has 3 rings (SSSR count). The number of aromatic nitrogens is 1. The van der Waals surface area contributed by atoms with E-state index < -0.39 is 0 Å². The molecule has 0 spiro atoms. The average Bonchev–Trinajstić information content (AvgIpc) is 3.02. The van der Waals surface area contributed by atoms with E-state index in [1.54, 1.807) is 18.2 Å². The van der Waals surface area contributed by atoms with E-state index in [1.165, 1.54) is 20.3 Å². The fraction of sp³-hybridized carbons (Fsp3) is 0.273. The number of H-pyrrole nitrogens is 1. The van der Waals surface area contributed by atoms with Crippen molar-refractivity contribution in [1.82, 2.24) is 10.3 Å². The van der Waals surface area contributed by atoms with Crippen LogP contribution in [0.3, 0.4) is 0 Å². The molecule has 3 aromatic rings. The molecule has 0 aliphatic carbocycles. The summed E-state index contributed by atoms with van der Waals surface area (Å²) in [6, 6.07) is 6.69. The topological polar surface area (TPSA) is 66.5 Å². The number of phenols is 1. The third-order valence-corrected chi connectivity index (χ3v) is 4.97. The Bertz CT molecular complexity index is 1010. The second-order valence-electron chi connectivity index (χ2n) is 6.73. The van der Waals surface area contributed by atoms with Crippen molar-refractivity contribution in [3.63, 3.8) is 0 Å². The van der Waals surface area contributed by atoms with E-state index in [2.05, 4.69) is 16.9 Å². The molecule has 0 amide bonds. The van der Waals surface area contributed by atoms with Gasteiger partial charge in [0.1, 0.15) is 5.82 Å². The number of phenolic OH excluding ortho intramolecular Hbond substituents is 1. The van der Waals surface area contributed by atoms with Crippen molar-refractivity contribution in [1.29, 1.82) is 0 Å². The first-order chi connectivity index (χ1) is 13.4. The van der Waals surface area contributed by atoms with Gasteiger partial charge in [-0.2, -0.15) is 0 Å². The highest BCUT2D eigenvalue weighted by Crippen LogP contribution is 2.38. The Morgan fingerprint density at radius 2 is 1.82 bits per heavy atom. The van der Waals surface area contributed by atoms with Crippen LogP contribution in [0.5, 0.6) is 17.2 Å². The number of hydrogen-bond acceptors (Lipinski definition) is 4. The molecular weight excluding hydrogens is 359 g/mol. The summed E-state index contributed by atoms with van der Waals surface area (Å²) >= 11 is 0. The van der Waals surface area contributed by atoms with Gasteiger partial charge in [0.25, 0.3) is 0 Å². The number of rotatable bonds is 7. The molecule has 0 saturated carbocycles. The standard InChI is InChI=1S/C22H25FN2O3/c1-12-6-7-17(23)21-20(12)16(14(3)25-21)8-9-24-13(2)15-10-18(27-4)22(26)19(11-15)28-5/h6-7,10-11,24-26H,2,8-9H2,1,3-5H3. The van der Waals surface area contributed by atoms with Crippen LogP contribution in [0.2, 0.25) is 0 Å². The predicted octanol–water partition coefficient (Wildman–Crippen LogP) is 4.45. The van der Waals surface area contributed by atoms with Crippen molar-refractivity contribution in [3.8, 4) is 17.2 Å². The Kier molecular flexibility index (Phi) is 5.49. The molecule has 5 nitrogen and oxygen atoms in total. The summed E-state index contributed by atoms with van der Waals surface area (Å²) in [4.78, 5) is 3.16. The minimum Gasteiger partial charge on any atom is -0.502 e. The zero-order chi connectivity index (χ0) is 20.4. The maximum Gasteiger partial charge on any atom is 0.200 e. The van der Waals surface area contributed by atoms with Crippen molar-refractivity contribution < 1.29 is 19.0 Å². The van der Waals surface area contributed by atoms with Crippen LogP contribution in [-0.4, -0.2) is 30.9 Å². The Hall–Kier alpha value is -3.15. The first-order valence-corrected chi connectivity index (χ1v) is 9.01. The Balaban J connectivity index is 1.78. The van der Waals surface area contributed by atoms with Gasteiger partial charge < -0.3 is 24.9 Å². The molecule has 0 radical (unpaired) electrons. The van der Waals surface area contributed by atoms with Crippen LogP contribution < -0.4 is 14.8 Å². The first-order valence-electron chi connectivity index (χ1n) is 9.01. The van der Waals surface area contributed by atoms with Crippen LogP contribution in [0.25, 0.3) is 16.6 Å². The van der Waals surface area contributed by atoms with Crippen molar-refractivity contribution in [2.24, 2.45) is 0 Å². The van der Waals surface area contributed by atoms with Crippen LogP contribution in [0, 0.1) is 19.7 Å². The molecule has 0 atom stereocenters. The van der Waals surface area contributed by atoms with Crippen LogP contribution in [0.4, 0.5) is 4.39 Å². The van der Waals surface area contributed by atoms with Crippen molar-refractivity contribution in [2.75, 3.05) is 20.8 Å². The van der Waals surface area contributed by atoms with E-state index in [1.807, 2.05) is 13.8 Å². The number of aromatic hydroxyl groups is 1. The zero-order valence-corrected chi connectivity index (χ0v) is 16.6. The van der Waals surface area contributed by atoms with Crippen molar-refractivity contribution in [2.45, 2.75) is 20.3 Å². The van der Waals surface area contributed by atoms with Gasteiger partial charge in [0.15, 0.2) is 11.5 Å². The highest BCUT2D eigenvalue weighted by molar-refractivity contribution is 5.88. The highest BCUT2D eigenvalue weighted by atomic mass is 19.1. The van der Waals surface area contributed by atoms with Gasteiger partial charge >= 0.3 is 0 Å². The largest absolute Gasteiger partial charge is 0.502 e. The molecule has 2 aromatic carbocycles. The molecule has 0 saturated heterocycles. The molecule has 1 heterocycles. The van der Waals surface area contributed by atoms with Crippen LogP contribution in [0.15, 0.2) is 30.8 Å². The molecule has 3 N–H and O–H groups in total. The smallest absolute Gasteiger partial charge is 0.200 e. The Morgan fingerprint density at radius 3 is 2.43 bits per heavy atom. The predicted molar refractivity (Wildman–Crippen MR) is 110 cm³/mol. The molecule has 148 valence electrons. The van der Waals surface area contributed by atoms with Crippen molar-refractivity contribution in [3.05, 3.63) is 59.0 Å². The fourth-order valence-corrected chi connectivity index (χ4v) is 3.46. The van der Waals surface area contributed by atoms with Gasteiger partial charge in [0.05, 0.1) is 19.7 Å².